The first kappa shape index (κ1) is 15.7. The molecule has 0 fully saturated rings. The lowest BCUT2D eigenvalue weighted by atomic mass is 10.1. The average molecular weight is 418 g/mol. The summed E-state index contributed by atoms with van der Waals surface area (Å²) in [5.74, 6) is 0. The topological polar surface area (TPSA) is 34.1 Å². The van der Waals surface area contributed by atoms with Gasteiger partial charge in [0.25, 0.3) is 0 Å². The fraction of sp³-hybridized carbons (Fsp3) is 0.200. The summed E-state index contributed by atoms with van der Waals surface area (Å²) in [7, 11) is -3.48. The van der Waals surface area contributed by atoms with Crippen LogP contribution in [0.1, 0.15) is 12.0 Å². The maximum atomic E-state index is 12.6. The molecular weight excluding hydrogens is 404 g/mol. The summed E-state index contributed by atoms with van der Waals surface area (Å²) in [5, 5.41) is 0. The third-order valence-corrected chi connectivity index (χ3v) is 8.23. The lowest BCUT2D eigenvalue weighted by Gasteiger charge is -2.21. The molecule has 0 atom stereocenters. The molecular formula is C15H14Br2O2S. The summed E-state index contributed by atoms with van der Waals surface area (Å²) in [5.41, 5.74) is 1.11. The minimum Gasteiger partial charge on any atom is -0.221 e. The molecule has 2 nitrogen and oxygen atoms in total. The first-order chi connectivity index (χ1) is 9.43. The second-order valence-electron chi connectivity index (χ2n) is 4.44. The van der Waals surface area contributed by atoms with Crippen molar-refractivity contribution < 1.29 is 8.42 Å². The SMILES string of the molecule is O=S(=O)(c1ccccc1)C(Br)(Br)CCc1ccccc1. The molecule has 5 heteroatoms. The van der Waals surface area contributed by atoms with Gasteiger partial charge >= 0.3 is 0 Å². The molecule has 0 heterocycles. The van der Waals surface area contributed by atoms with Crippen LogP contribution >= 0.6 is 31.9 Å². The van der Waals surface area contributed by atoms with Crippen LogP contribution in [0.4, 0.5) is 0 Å². The first-order valence-corrected chi connectivity index (χ1v) is 9.22. The van der Waals surface area contributed by atoms with E-state index in [1.54, 1.807) is 30.3 Å². The van der Waals surface area contributed by atoms with Gasteiger partial charge in [-0.05, 0) is 30.5 Å². The van der Waals surface area contributed by atoms with Crippen LogP contribution < -0.4 is 0 Å². The molecule has 2 aromatic rings. The molecule has 106 valence electrons. The Bertz CT molecular complexity index is 653. The minimum absolute atomic E-state index is 0.307. The van der Waals surface area contributed by atoms with Crippen LogP contribution in [0.15, 0.2) is 65.6 Å². The molecule has 0 saturated carbocycles. The van der Waals surface area contributed by atoms with E-state index >= 15 is 0 Å². The summed E-state index contributed by atoms with van der Waals surface area (Å²) in [6, 6.07) is 18.3. The maximum Gasteiger partial charge on any atom is 0.204 e. The summed E-state index contributed by atoms with van der Waals surface area (Å²) in [4.78, 5) is 0.307. The van der Waals surface area contributed by atoms with E-state index < -0.39 is 12.4 Å². The zero-order valence-corrected chi connectivity index (χ0v) is 14.7. The fourth-order valence-corrected chi connectivity index (χ4v) is 4.59. The van der Waals surface area contributed by atoms with Crippen LogP contribution in [0.2, 0.25) is 0 Å². The Balaban J connectivity index is 2.18. The van der Waals surface area contributed by atoms with Gasteiger partial charge in [-0.25, -0.2) is 8.42 Å². The molecule has 2 aromatic carbocycles. The highest BCUT2D eigenvalue weighted by Gasteiger charge is 2.39. The Morgan fingerprint density at radius 1 is 0.850 bits per heavy atom. The van der Waals surface area contributed by atoms with E-state index in [0.717, 1.165) is 5.56 Å². The highest BCUT2D eigenvalue weighted by Crippen LogP contribution is 2.41. The van der Waals surface area contributed by atoms with Gasteiger partial charge in [0.2, 0.25) is 9.84 Å². The molecule has 0 aromatic heterocycles. The van der Waals surface area contributed by atoms with Crippen molar-refractivity contribution in [2.45, 2.75) is 20.3 Å². The molecule has 20 heavy (non-hydrogen) atoms. The van der Waals surface area contributed by atoms with Crippen LogP contribution in [-0.2, 0) is 16.3 Å². The number of sulfone groups is 1. The molecule has 0 N–H and O–H groups in total. The van der Waals surface area contributed by atoms with E-state index in [1.807, 2.05) is 30.3 Å². The number of rotatable bonds is 5. The minimum atomic E-state index is -3.48. The highest BCUT2D eigenvalue weighted by atomic mass is 79.9. The summed E-state index contributed by atoms with van der Waals surface area (Å²) < 4.78 is 24.0. The van der Waals surface area contributed by atoms with E-state index in [2.05, 4.69) is 31.9 Å². The van der Waals surface area contributed by atoms with Gasteiger partial charge in [0.05, 0.1) is 4.90 Å². The molecule has 0 unspecified atom stereocenters. The third-order valence-electron chi connectivity index (χ3n) is 2.99. The van der Waals surface area contributed by atoms with Crippen molar-refractivity contribution in [3.63, 3.8) is 0 Å². The van der Waals surface area contributed by atoms with E-state index in [4.69, 9.17) is 0 Å². The Morgan fingerprint density at radius 3 is 1.90 bits per heavy atom. The van der Waals surface area contributed by atoms with Gasteiger partial charge in [0, 0.05) is 0 Å². The van der Waals surface area contributed by atoms with Crippen LogP contribution in [0.5, 0.6) is 0 Å². The van der Waals surface area contributed by atoms with Crippen LogP contribution in [0.25, 0.3) is 0 Å². The second kappa shape index (κ2) is 6.41. The number of aryl methyl sites for hydroxylation is 1. The molecule has 0 spiro atoms. The van der Waals surface area contributed by atoms with E-state index in [9.17, 15) is 8.42 Å². The first-order valence-electron chi connectivity index (χ1n) is 6.15. The molecule has 0 aliphatic heterocycles. The number of halogens is 2. The lowest BCUT2D eigenvalue weighted by Crippen LogP contribution is -2.26. The summed E-state index contributed by atoms with van der Waals surface area (Å²) in [6.45, 7) is 0. The second-order valence-corrected chi connectivity index (χ2v) is 11.4. The maximum absolute atomic E-state index is 12.6. The summed E-state index contributed by atoms with van der Waals surface area (Å²) >= 11 is 6.65. The Hall–Kier alpha value is -0.650. The molecule has 0 aliphatic carbocycles. The average Bonchev–Trinajstić information content (AvgIpc) is 2.47. The third kappa shape index (κ3) is 3.51. The number of hydrogen-bond donors (Lipinski definition) is 0. The van der Waals surface area contributed by atoms with Crippen molar-refractivity contribution >= 4 is 41.7 Å². The standard InChI is InChI=1S/C15H14Br2O2S/c16-15(17,12-11-13-7-3-1-4-8-13)20(18,19)14-9-5-2-6-10-14/h1-10H,11-12H2. The zero-order chi connectivity index (χ0) is 14.6. The predicted molar refractivity (Wildman–Crippen MR) is 89.0 cm³/mol. The Kier molecular flexibility index (Phi) is 5.04. The van der Waals surface area contributed by atoms with Crippen molar-refractivity contribution in [2.75, 3.05) is 0 Å². The lowest BCUT2D eigenvalue weighted by molar-refractivity contribution is 0.587. The van der Waals surface area contributed by atoms with Crippen molar-refractivity contribution in [1.82, 2.24) is 0 Å². The van der Waals surface area contributed by atoms with Gasteiger partial charge in [-0.3, -0.25) is 0 Å². The molecule has 0 radical (unpaired) electrons. The van der Waals surface area contributed by atoms with E-state index in [-0.39, 0.29) is 0 Å². The molecule has 0 aliphatic rings. The van der Waals surface area contributed by atoms with Crippen LogP contribution in [0.3, 0.4) is 0 Å². The highest BCUT2D eigenvalue weighted by molar-refractivity contribution is 9.27. The zero-order valence-electron chi connectivity index (χ0n) is 10.7. The van der Waals surface area contributed by atoms with E-state index in [0.29, 0.717) is 17.7 Å². The van der Waals surface area contributed by atoms with Gasteiger partial charge in [-0.1, -0.05) is 80.4 Å². The Morgan fingerprint density at radius 2 is 1.35 bits per heavy atom. The van der Waals surface area contributed by atoms with Gasteiger partial charge in [0.1, 0.15) is 0 Å². The number of benzene rings is 2. The Labute approximate surface area is 136 Å². The number of alkyl halides is 2. The smallest absolute Gasteiger partial charge is 0.204 e. The van der Waals surface area contributed by atoms with E-state index in [1.165, 1.54) is 0 Å². The summed E-state index contributed by atoms with van der Waals surface area (Å²) in [6.07, 6.45) is 1.11. The van der Waals surface area contributed by atoms with Gasteiger partial charge < -0.3 is 0 Å². The van der Waals surface area contributed by atoms with Crippen molar-refractivity contribution in [2.24, 2.45) is 0 Å². The predicted octanol–water partition coefficient (Wildman–Crippen LogP) is 4.54. The monoisotopic (exact) mass is 416 g/mol. The largest absolute Gasteiger partial charge is 0.221 e. The van der Waals surface area contributed by atoms with Gasteiger partial charge in [0.15, 0.2) is 2.57 Å². The molecule has 0 bridgehead atoms. The normalized spacial score (nSPS) is 12.3. The van der Waals surface area contributed by atoms with Gasteiger partial charge in [-0.15, -0.1) is 0 Å². The van der Waals surface area contributed by atoms with Crippen LogP contribution in [-0.4, -0.2) is 11.0 Å². The van der Waals surface area contributed by atoms with Crippen molar-refractivity contribution in [3.05, 3.63) is 66.2 Å². The molecule has 0 amide bonds. The molecule has 0 saturated heterocycles. The molecule has 2 rings (SSSR count). The number of hydrogen-bond acceptors (Lipinski definition) is 2. The van der Waals surface area contributed by atoms with Crippen molar-refractivity contribution in [3.8, 4) is 0 Å². The fourth-order valence-electron chi connectivity index (χ4n) is 1.84. The van der Waals surface area contributed by atoms with Gasteiger partial charge in [-0.2, -0.15) is 0 Å². The van der Waals surface area contributed by atoms with Crippen LogP contribution in [0, 0.1) is 0 Å². The quantitative estimate of drug-likeness (QED) is 0.669. The van der Waals surface area contributed by atoms with Crippen molar-refractivity contribution in [1.29, 1.82) is 0 Å².